The number of carbonyl (C=O) groups excluding carboxylic acids is 1. The maximum absolute atomic E-state index is 12.5. The molecular weight excluding hydrogens is 295 g/mol. The first kappa shape index (κ1) is 14.9. The molecular formula is C12H13ClF3N3O. The van der Waals surface area contributed by atoms with Crippen LogP contribution in [0.2, 0.25) is 5.02 Å². The van der Waals surface area contributed by atoms with E-state index in [1.165, 1.54) is 17.2 Å². The highest BCUT2D eigenvalue weighted by molar-refractivity contribution is 6.33. The van der Waals surface area contributed by atoms with Crippen LogP contribution in [0.5, 0.6) is 0 Å². The molecule has 1 fully saturated rings. The summed E-state index contributed by atoms with van der Waals surface area (Å²) in [6.07, 6.45) is -3.07. The van der Waals surface area contributed by atoms with Gasteiger partial charge in [-0.25, -0.2) is 4.98 Å². The highest BCUT2D eigenvalue weighted by Gasteiger charge is 2.41. The largest absolute Gasteiger partial charge is 0.391 e. The lowest BCUT2D eigenvalue weighted by Crippen LogP contribution is -2.42. The second kappa shape index (κ2) is 5.47. The van der Waals surface area contributed by atoms with Crippen molar-refractivity contribution in [2.45, 2.75) is 19.0 Å². The van der Waals surface area contributed by atoms with Gasteiger partial charge in [0.1, 0.15) is 5.82 Å². The number of amides is 1. The summed E-state index contributed by atoms with van der Waals surface area (Å²) in [5.41, 5.74) is 5.67. The Morgan fingerprint density at radius 2 is 2.00 bits per heavy atom. The molecule has 0 aromatic carbocycles. The van der Waals surface area contributed by atoms with Gasteiger partial charge in [0.15, 0.2) is 0 Å². The fraction of sp³-hybridized carbons (Fsp3) is 0.500. The van der Waals surface area contributed by atoms with E-state index in [1.807, 2.05) is 0 Å². The number of likely N-dealkylation sites (tertiary alicyclic amines) is 1. The van der Waals surface area contributed by atoms with E-state index in [0.29, 0.717) is 0 Å². The van der Waals surface area contributed by atoms with Crippen LogP contribution < -0.4 is 5.73 Å². The highest BCUT2D eigenvalue weighted by atomic mass is 35.5. The lowest BCUT2D eigenvalue weighted by atomic mass is 9.96. The van der Waals surface area contributed by atoms with Crippen molar-refractivity contribution in [1.29, 1.82) is 0 Å². The SMILES string of the molecule is Nc1ncc(C(=O)N2CCC(C(F)(F)F)CC2)cc1Cl. The van der Waals surface area contributed by atoms with Crippen LogP contribution in [0.15, 0.2) is 12.3 Å². The summed E-state index contributed by atoms with van der Waals surface area (Å²) in [7, 11) is 0. The van der Waals surface area contributed by atoms with Gasteiger partial charge in [0, 0.05) is 19.3 Å². The summed E-state index contributed by atoms with van der Waals surface area (Å²) in [5, 5.41) is 0.154. The molecule has 1 aliphatic heterocycles. The molecule has 0 saturated carbocycles. The van der Waals surface area contributed by atoms with Gasteiger partial charge in [-0.3, -0.25) is 4.79 Å². The van der Waals surface area contributed by atoms with Crippen molar-refractivity contribution in [2.75, 3.05) is 18.8 Å². The third-order valence-corrected chi connectivity index (χ3v) is 3.66. The van der Waals surface area contributed by atoms with Gasteiger partial charge in [-0.2, -0.15) is 13.2 Å². The number of nitrogen functional groups attached to an aromatic ring is 1. The number of pyridine rings is 1. The molecule has 1 amide bonds. The molecule has 0 spiro atoms. The number of halogens is 4. The molecule has 0 bridgehead atoms. The van der Waals surface area contributed by atoms with Gasteiger partial charge in [0.2, 0.25) is 0 Å². The average Bonchev–Trinajstić information content (AvgIpc) is 2.40. The van der Waals surface area contributed by atoms with Crippen LogP contribution in [0.25, 0.3) is 0 Å². The van der Waals surface area contributed by atoms with E-state index < -0.39 is 12.1 Å². The van der Waals surface area contributed by atoms with Crippen LogP contribution in [0, 0.1) is 5.92 Å². The molecule has 1 aliphatic rings. The van der Waals surface area contributed by atoms with E-state index in [1.54, 1.807) is 0 Å². The van der Waals surface area contributed by atoms with Crippen molar-refractivity contribution in [1.82, 2.24) is 9.88 Å². The van der Waals surface area contributed by atoms with Crippen LogP contribution in [0.1, 0.15) is 23.2 Å². The normalized spacial score (nSPS) is 17.3. The first-order chi connectivity index (χ1) is 9.29. The zero-order valence-corrected chi connectivity index (χ0v) is 11.2. The lowest BCUT2D eigenvalue weighted by Gasteiger charge is -2.32. The Morgan fingerprint density at radius 3 is 2.50 bits per heavy atom. The van der Waals surface area contributed by atoms with Crippen molar-refractivity contribution >= 4 is 23.3 Å². The van der Waals surface area contributed by atoms with Gasteiger partial charge in [-0.05, 0) is 18.9 Å². The number of hydrogen-bond donors (Lipinski definition) is 1. The maximum Gasteiger partial charge on any atom is 0.391 e. The average molecular weight is 308 g/mol. The highest BCUT2D eigenvalue weighted by Crippen LogP contribution is 2.34. The van der Waals surface area contributed by atoms with Crippen molar-refractivity contribution in [3.05, 3.63) is 22.8 Å². The number of anilines is 1. The molecule has 0 unspecified atom stereocenters. The lowest BCUT2D eigenvalue weighted by molar-refractivity contribution is -0.183. The zero-order valence-electron chi connectivity index (χ0n) is 10.5. The van der Waals surface area contributed by atoms with Crippen LogP contribution in [0.3, 0.4) is 0 Å². The number of alkyl halides is 3. The molecule has 0 atom stereocenters. The van der Waals surface area contributed by atoms with Crippen LogP contribution in [-0.4, -0.2) is 35.1 Å². The Bertz CT molecular complexity index is 513. The number of carbonyl (C=O) groups is 1. The number of aromatic nitrogens is 1. The van der Waals surface area contributed by atoms with E-state index in [4.69, 9.17) is 17.3 Å². The number of piperidine rings is 1. The summed E-state index contributed by atoms with van der Waals surface area (Å²) in [6, 6.07) is 1.38. The van der Waals surface area contributed by atoms with E-state index in [9.17, 15) is 18.0 Å². The van der Waals surface area contributed by atoms with Crippen molar-refractivity contribution in [3.63, 3.8) is 0 Å². The summed E-state index contributed by atoms with van der Waals surface area (Å²) in [4.78, 5) is 17.3. The molecule has 1 aromatic heterocycles. The third-order valence-electron chi connectivity index (χ3n) is 3.36. The molecule has 2 rings (SSSR count). The Morgan fingerprint density at radius 1 is 1.40 bits per heavy atom. The Labute approximate surface area is 118 Å². The van der Waals surface area contributed by atoms with Gasteiger partial charge < -0.3 is 10.6 Å². The van der Waals surface area contributed by atoms with Crippen LogP contribution >= 0.6 is 11.6 Å². The van der Waals surface area contributed by atoms with Crippen LogP contribution in [-0.2, 0) is 0 Å². The van der Waals surface area contributed by atoms with E-state index >= 15 is 0 Å². The first-order valence-corrected chi connectivity index (χ1v) is 6.44. The maximum atomic E-state index is 12.5. The molecule has 2 heterocycles. The van der Waals surface area contributed by atoms with Gasteiger partial charge in [-0.15, -0.1) is 0 Å². The van der Waals surface area contributed by atoms with Gasteiger partial charge >= 0.3 is 6.18 Å². The van der Waals surface area contributed by atoms with Crippen molar-refractivity contribution < 1.29 is 18.0 Å². The van der Waals surface area contributed by atoms with Crippen molar-refractivity contribution in [2.24, 2.45) is 5.92 Å². The molecule has 1 aromatic rings. The minimum absolute atomic E-state index is 0.0744. The molecule has 8 heteroatoms. The zero-order chi connectivity index (χ0) is 14.9. The van der Waals surface area contributed by atoms with E-state index in [0.717, 1.165) is 0 Å². The van der Waals surface area contributed by atoms with Gasteiger partial charge in [0.25, 0.3) is 5.91 Å². The quantitative estimate of drug-likeness (QED) is 0.868. The molecule has 1 saturated heterocycles. The molecule has 4 nitrogen and oxygen atoms in total. The smallest absolute Gasteiger partial charge is 0.382 e. The molecule has 110 valence electrons. The standard InChI is InChI=1S/C12H13ClF3N3O/c13-9-5-7(6-18-10(9)17)11(20)19-3-1-8(2-4-19)12(14,15)16/h5-6,8H,1-4H2,(H2,17,18). The Kier molecular flexibility index (Phi) is 4.08. The van der Waals surface area contributed by atoms with Crippen LogP contribution in [0.4, 0.5) is 19.0 Å². The topological polar surface area (TPSA) is 59.2 Å². The summed E-state index contributed by atoms with van der Waals surface area (Å²) in [6.45, 7) is 0.149. The minimum atomic E-state index is -4.19. The van der Waals surface area contributed by atoms with Gasteiger partial charge in [0.05, 0.1) is 16.5 Å². The number of rotatable bonds is 1. The second-order valence-corrected chi connectivity index (χ2v) is 5.11. The summed E-state index contributed by atoms with van der Waals surface area (Å²) >= 11 is 5.77. The predicted molar refractivity (Wildman–Crippen MR) is 68.3 cm³/mol. The summed E-state index contributed by atoms with van der Waals surface area (Å²) in [5.74, 6) is -1.60. The van der Waals surface area contributed by atoms with E-state index in [-0.39, 0.29) is 48.2 Å². The second-order valence-electron chi connectivity index (χ2n) is 4.70. The monoisotopic (exact) mass is 307 g/mol. The fourth-order valence-corrected chi connectivity index (χ4v) is 2.32. The third kappa shape index (κ3) is 3.15. The Balaban J connectivity index is 2.03. The fourth-order valence-electron chi connectivity index (χ4n) is 2.16. The molecule has 2 N–H and O–H groups in total. The minimum Gasteiger partial charge on any atom is -0.382 e. The Hall–Kier alpha value is -1.50. The van der Waals surface area contributed by atoms with Crippen molar-refractivity contribution in [3.8, 4) is 0 Å². The molecule has 0 radical (unpaired) electrons. The number of nitrogens with two attached hydrogens (primary N) is 1. The number of nitrogens with zero attached hydrogens (tertiary/aromatic N) is 2. The molecule has 20 heavy (non-hydrogen) atoms. The van der Waals surface area contributed by atoms with Gasteiger partial charge in [-0.1, -0.05) is 11.6 Å². The predicted octanol–water partition coefficient (Wildman–Crippen LogP) is 2.73. The summed E-state index contributed by atoms with van der Waals surface area (Å²) < 4.78 is 37.6. The number of hydrogen-bond acceptors (Lipinski definition) is 3. The first-order valence-electron chi connectivity index (χ1n) is 6.06. The van der Waals surface area contributed by atoms with E-state index in [2.05, 4.69) is 4.98 Å². The molecule has 0 aliphatic carbocycles.